The first kappa shape index (κ1) is 19.8. The fraction of sp³-hybridized carbons (Fsp3) is 0.219. The fourth-order valence-corrected chi connectivity index (χ4v) is 6.15. The van der Waals surface area contributed by atoms with Crippen LogP contribution in [0.3, 0.4) is 0 Å². The van der Waals surface area contributed by atoms with Gasteiger partial charge in [-0.25, -0.2) is 0 Å². The molecule has 0 aliphatic heterocycles. The second kappa shape index (κ2) is 6.48. The normalized spacial score (nSPS) is 13.0. The SMILES string of the molecule is Cc1ccc2cc3c4nccc5ccc6c7c(C)cccc7n(c3c(CC(C)(C)C)c2c1)c6c54. The lowest BCUT2D eigenvalue weighted by Crippen LogP contribution is -2.11. The monoisotopic (exact) mass is 440 g/mol. The minimum Gasteiger partial charge on any atom is -0.308 e. The van der Waals surface area contributed by atoms with Gasteiger partial charge in [-0.3, -0.25) is 4.98 Å². The second-order valence-corrected chi connectivity index (χ2v) is 11.2. The maximum Gasteiger partial charge on any atom is 0.0823 e. The summed E-state index contributed by atoms with van der Waals surface area (Å²) in [5, 5.41) is 9.12. The lowest BCUT2D eigenvalue weighted by Gasteiger charge is -2.23. The molecule has 3 heterocycles. The van der Waals surface area contributed by atoms with Crippen molar-refractivity contribution in [1.82, 2.24) is 9.38 Å². The van der Waals surface area contributed by atoms with Crippen molar-refractivity contribution in [3.63, 3.8) is 0 Å². The Balaban J connectivity index is 1.90. The van der Waals surface area contributed by atoms with Crippen LogP contribution in [0.1, 0.15) is 37.5 Å². The summed E-state index contributed by atoms with van der Waals surface area (Å²) in [6, 6.07) is 22.7. The van der Waals surface area contributed by atoms with Crippen molar-refractivity contribution in [3.05, 3.63) is 83.6 Å². The van der Waals surface area contributed by atoms with Gasteiger partial charge in [0.05, 0.1) is 22.1 Å². The standard InChI is InChI=1S/C32H28N2/c1-18-9-10-21-16-24-29-28-20(13-14-33-29)11-12-22-27-19(2)7-6-8-26(27)34(31(22)28)30(24)25(23(21)15-18)17-32(3,4)5/h6-16H,17H2,1-5H3. The molecule has 3 aromatic heterocycles. The quantitative estimate of drug-likeness (QED) is 0.184. The third-order valence-electron chi connectivity index (χ3n) is 7.45. The number of hydrogen-bond acceptors (Lipinski definition) is 1. The molecule has 0 spiro atoms. The topological polar surface area (TPSA) is 17.3 Å². The first-order chi connectivity index (χ1) is 16.3. The molecule has 0 unspecified atom stereocenters. The van der Waals surface area contributed by atoms with Crippen molar-refractivity contribution >= 4 is 59.8 Å². The molecule has 0 saturated heterocycles. The number of benzene rings is 4. The smallest absolute Gasteiger partial charge is 0.0823 e. The van der Waals surface area contributed by atoms with Crippen molar-refractivity contribution in [3.8, 4) is 0 Å². The van der Waals surface area contributed by atoms with Gasteiger partial charge in [-0.05, 0) is 71.2 Å². The fourth-order valence-electron chi connectivity index (χ4n) is 6.15. The van der Waals surface area contributed by atoms with Gasteiger partial charge < -0.3 is 4.40 Å². The molecular formula is C32H28N2. The Morgan fingerprint density at radius 3 is 2.41 bits per heavy atom. The molecule has 4 aromatic carbocycles. The Bertz CT molecular complexity index is 1930. The molecule has 0 saturated carbocycles. The zero-order valence-electron chi connectivity index (χ0n) is 20.5. The van der Waals surface area contributed by atoms with E-state index in [-0.39, 0.29) is 5.41 Å². The van der Waals surface area contributed by atoms with Crippen molar-refractivity contribution in [1.29, 1.82) is 0 Å². The highest BCUT2D eigenvalue weighted by atomic mass is 14.9. The zero-order chi connectivity index (χ0) is 23.4. The second-order valence-electron chi connectivity index (χ2n) is 11.2. The van der Waals surface area contributed by atoms with E-state index in [0.717, 1.165) is 11.9 Å². The van der Waals surface area contributed by atoms with Gasteiger partial charge in [0.15, 0.2) is 0 Å². The van der Waals surface area contributed by atoms with Gasteiger partial charge >= 0.3 is 0 Å². The molecule has 7 rings (SSSR count). The largest absolute Gasteiger partial charge is 0.308 e. The highest BCUT2D eigenvalue weighted by Gasteiger charge is 2.24. The summed E-state index contributed by atoms with van der Waals surface area (Å²) >= 11 is 0. The van der Waals surface area contributed by atoms with Crippen LogP contribution in [-0.2, 0) is 6.42 Å². The Morgan fingerprint density at radius 1 is 0.765 bits per heavy atom. The number of aryl methyl sites for hydroxylation is 2. The molecule has 2 heteroatoms. The predicted octanol–water partition coefficient (Wildman–Crippen LogP) is 8.74. The van der Waals surface area contributed by atoms with Crippen LogP contribution in [0.15, 0.2) is 66.9 Å². The van der Waals surface area contributed by atoms with Gasteiger partial charge in [0.25, 0.3) is 0 Å². The van der Waals surface area contributed by atoms with Crippen LogP contribution < -0.4 is 0 Å². The Kier molecular flexibility index (Phi) is 3.77. The van der Waals surface area contributed by atoms with E-state index in [1.165, 1.54) is 70.9 Å². The molecule has 34 heavy (non-hydrogen) atoms. The van der Waals surface area contributed by atoms with E-state index < -0.39 is 0 Å². The van der Waals surface area contributed by atoms with E-state index in [4.69, 9.17) is 4.98 Å². The van der Waals surface area contributed by atoms with Crippen molar-refractivity contribution in [2.75, 3.05) is 0 Å². The molecule has 0 aliphatic rings. The van der Waals surface area contributed by atoms with Crippen LogP contribution in [-0.4, -0.2) is 9.38 Å². The third kappa shape index (κ3) is 2.54. The summed E-state index contributed by atoms with van der Waals surface area (Å²) in [4.78, 5) is 5.00. The van der Waals surface area contributed by atoms with E-state index >= 15 is 0 Å². The van der Waals surface area contributed by atoms with E-state index in [1.807, 2.05) is 6.20 Å². The van der Waals surface area contributed by atoms with Crippen LogP contribution in [0.25, 0.3) is 59.8 Å². The van der Waals surface area contributed by atoms with Crippen LogP contribution in [0.4, 0.5) is 0 Å². The Morgan fingerprint density at radius 2 is 1.59 bits per heavy atom. The maximum atomic E-state index is 5.00. The molecule has 0 amide bonds. The van der Waals surface area contributed by atoms with Crippen LogP contribution in [0.5, 0.6) is 0 Å². The maximum absolute atomic E-state index is 5.00. The minimum absolute atomic E-state index is 0.153. The van der Waals surface area contributed by atoms with E-state index in [2.05, 4.69) is 99.7 Å². The van der Waals surface area contributed by atoms with Gasteiger partial charge in [-0.2, -0.15) is 0 Å². The number of rotatable bonds is 1. The van der Waals surface area contributed by atoms with E-state index in [9.17, 15) is 0 Å². The first-order valence-electron chi connectivity index (χ1n) is 12.2. The molecule has 0 radical (unpaired) electrons. The van der Waals surface area contributed by atoms with Crippen molar-refractivity contribution in [2.45, 2.75) is 41.0 Å². The molecular weight excluding hydrogens is 412 g/mol. The van der Waals surface area contributed by atoms with Crippen molar-refractivity contribution in [2.24, 2.45) is 5.41 Å². The van der Waals surface area contributed by atoms with E-state index in [0.29, 0.717) is 0 Å². The number of aromatic nitrogens is 2. The molecule has 0 N–H and O–H groups in total. The highest BCUT2D eigenvalue weighted by molar-refractivity contribution is 6.29. The molecule has 0 fully saturated rings. The van der Waals surface area contributed by atoms with E-state index in [1.54, 1.807) is 0 Å². The van der Waals surface area contributed by atoms with Crippen LogP contribution >= 0.6 is 0 Å². The summed E-state index contributed by atoms with van der Waals surface area (Å²) < 4.78 is 2.56. The van der Waals surface area contributed by atoms with Crippen LogP contribution in [0.2, 0.25) is 0 Å². The zero-order valence-corrected chi connectivity index (χ0v) is 20.5. The summed E-state index contributed by atoms with van der Waals surface area (Å²) in [5.41, 5.74) is 9.24. The van der Waals surface area contributed by atoms with Gasteiger partial charge in [0, 0.05) is 27.7 Å². The minimum atomic E-state index is 0.153. The molecule has 0 bridgehead atoms. The predicted molar refractivity (Wildman–Crippen MR) is 147 cm³/mol. The summed E-state index contributed by atoms with van der Waals surface area (Å²) in [6.45, 7) is 11.5. The van der Waals surface area contributed by atoms with Crippen molar-refractivity contribution < 1.29 is 0 Å². The Hall–Kier alpha value is -3.65. The van der Waals surface area contributed by atoms with Gasteiger partial charge in [-0.15, -0.1) is 0 Å². The van der Waals surface area contributed by atoms with Gasteiger partial charge in [0.2, 0.25) is 0 Å². The molecule has 0 aliphatic carbocycles. The third-order valence-corrected chi connectivity index (χ3v) is 7.45. The number of fused-ring (bicyclic) bond motifs is 7. The molecule has 7 aromatic rings. The molecule has 166 valence electrons. The van der Waals surface area contributed by atoms with Gasteiger partial charge in [0.1, 0.15) is 0 Å². The van der Waals surface area contributed by atoms with Gasteiger partial charge in [-0.1, -0.05) is 68.8 Å². The lowest BCUT2D eigenvalue weighted by atomic mass is 9.84. The molecule has 0 atom stereocenters. The first-order valence-corrected chi connectivity index (χ1v) is 12.2. The number of pyridine rings is 2. The lowest BCUT2D eigenvalue weighted by molar-refractivity contribution is 0.413. The molecule has 2 nitrogen and oxygen atoms in total. The van der Waals surface area contributed by atoms with Crippen LogP contribution in [0, 0.1) is 19.3 Å². The average Bonchev–Trinajstić information content (AvgIpc) is 3.14. The summed E-state index contributed by atoms with van der Waals surface area (Å²) in [7, 11) is 0. The Labute approximate surface area is 199 Å². The number of nitrogens with zero attached hydrogens (tertiary/aromatic N) is 2. The summed E-state index contributed by atoms with van der Waals surface area (Å²) in [6.07, 6.45) is 2.97. The highest BCUT2D eigenvalue weighted by Crippen LogP contribution is 2.44. The number of hydrogen-bond donors (Lipinski definition) is 0. The summed E-state index contributed by atoms with van der Waals surface area (Å²) in [5.74, 6) is 0. The average molecular weight is 441 g/mol.